The van der Waals surface area contributed by atoms with Gasteiger partial charge in [0.25, 0.3) is 0 Å². The molecule has 0 amide bonds. The van der Waals surface area contributed by atoms with Crippen LogP contribution in [0.4, 0.5) is 0 Å². The molecule has 10 heavy (non-hydrogen) atoms. The number of aliphatic hydroxyl groups excluding tert-OH is 1. The van der Waals surface area contributed by atoms with Gasteiger partial charge >= 0.3 is 55.7 Å². The third-order valence-electron chi connectivity index (χ3n) is 0.686. The normalized spacial score (nSPS) is 8.00. The molecule has 0 radical (unpaired) electrons. The Balaban J connectivity index is 0. The Hall–Kier alpha value is 0.390. The van der Waals surface area contributed by atoms with Crippen LogP contribution in [0.25, 0.3) is 0 Å². The Morgan fingerprint density at radius 1 is 1.60 bits per heavy atom. The second-order valence-corrected chi connectivity index (χ2v) is 2.68. The first-order valence-corrected chi connectivity index (χ1v) is 4.63. The van der Waals surface area contributed by atoms with E-state index in [1.165, 1.54) is 31.6 Å². The molecule has 0 unspecified atom stereocenters. The summed E-state index contributed by atoms with van der Waals surface area (Å²) in [5, 5.41) is 15.7. The van der Waals surface area contributed by atoms with E-state index in [0.717, 1.165) is 6.42 Å². The average molecular weight is 157 g/mol. The summed E-state index contributed by atoms with van der Waals surface area (Å²) in [6.07, 6.45) is 1.01. The van der Waals surface area contributed by atoms with Crippen molar-refractivity contribution in [3.05, 3.63) is 0 Å². The second-order valence-electron chi connectivity index (χ2n) is 1.68. The Morgan fingerprint density at radius 3 is 2.00 bits per heavy atom. The van der Waals surface area contributed by atoms with Gasteiger partial charge in [0.15, 0.2) is 0 Å². The molecule has 0 spiro atoms. The summed E-state index contributed by atoms with van der Waals surface area (Å²) in [6.45, 7) is 0.101. The zero-order valence-electron chi connectivity index (χ0n) is 6.21. The number of rotatable bonds is 3. The van der Waals surface area contributed by atoms with Gasteiger partial charge in [-0.1, -0.05) is 0 Å². The maximum absolute atomic E-state index is 9.24. The predicted octanol–water partition coefficient (Wildman–Crippen LogP) is -1.01. The third-order valence-corrected chi connectivity index (χ3v) is 1.39. The number of aliphatic carboxylic acids is 1. The third kappa shape index (κ3) is 23.8. The predicted molar refractivity (Wildman–Crippen MR) is 39.0 cm³/mol. The Morgan fingerprint density at radius 2 is 2.00 bits per heavy atom. The molecule has 0 bridgehead atoms. The van der Waals surface area contributed by atoms with Gasteiger partial charge in [-0.2, -0.15) is 0 Å². The van der Waals surface area contributed by atoms with Crippen LogP contribution in [-0.4, -0.2) is 57.3 Å². The van der Waals surface area contributed by atoms with E-state index in [0.29, 0.717) is 6.61 Å². The monoisotopic (exact) mass is 157 g/mol. The Bertz CT molecular complexity index is 77.3. The number of aliphatic hydroxyl groups is 1. The molecule has 0 aliphatic rings. The number of carboxylic acids is 1. The van der Waals surface area contributed by atoms with E-state index in [-0.39, 0.29) is 6.54 Å². The topological polar surface area (TPSA) is 83.6 Å². The van der Waals surface area contributed by atoms with Gasteiger partial charge in [0.2, 0.25) is 0 Å². The van der Waals surface area contributed by atoms with E-state index >= 15 is 0 Å². The van der Waals surface area contributed by atoms with E-state index in [1.807, 2.05) is 0 Å². The standard InChI is InChI=1S/C3H7O.C2H5NO2.Na/c1-2-3-4;3-1-2(4)5;/h4H,1-3H2;1,3H2,(H,4,5);. The van der Waals surface area contributed by atoms with Crippen molar-refractivity contribution in [1.29, 1.82) is 0 Å². The fraction of sp³-hybridized carbons (Fsp3) is 0.800. The van der Waals surface area contributed by atoms with Gasteiger partial charge in [-0.05, 0) is 0 Å². The Kier molecular flexibility index (Phi) is 15.8. The van der Waals surface area contributed by atoms with Crippen molar-refractivity contribution >= 4 is 33.9 Å². The summed E-state index contributed by atoms with van der Waals surface area (Å²) in [4.78, 5) is 9.24. The average Bonchev–Trinajstić information content (AvgIpc) is 1.91. The van der Waals surface area contributed by atoms with Crippen molar-refractivity contribution in [1.82, 2.24) is 0 Å². The van der Waals surface area contributed by atoms with Crippen molar-refractivity contribution in [2.75, 3.05) is 13.2 Å². The maximum atomic E-state index is 9.24. The van der Waals surface area contributed by atoms with Crippen molar-refractivity contribution < 1.29 is 15.0 Å². The van der Waals surface area contributed by atoms with Crippen LogP contribution in [0.15, 0.2) is 0 Å². The first-order valence-electron chi connectivity index (χ1n) is 3.21. The molecule has 0 aliphatic heterocycles. The summed E-state index contributed by atoms with van der Waals surface area (Å²) in [6, 6.07) is 0. The zero-order chi connectivity index (χ0) is 8.41. The van der Waals surface area contributed by atoms with E-state index in [1.54, 1.807) is 0 Å². The molecule has 0 saturated carbocycles. The van der Waals surface area contributed by atoms with E-state index in [4.69, 9.17) is 10.2 Å². The van der Waals surface area contributed by atoms with Gasteiger partial charge in [0.1, 0.15) is 0 Å². The van der Waals surface area contributed by atoms with Crippen LogP contribution in [0.2, 0.25) is 3.67 Å². The van der Waals surface area contributed by atoms with Crippen molar-refractivity contribution in [2.24, 2.45) is 5.73 Å². The number of nitrogens with two attached hydrogens (primary N) is 1. The number of hydrogen-bond donors (Lipinski definition) is 3. The van der Waals surface area contributed by atoms with Gasteiger partial charge in [-0.15, -0.1) is 0 Å². The second kappa shape index (κ2) is 12.1. The molecule has 0 saturated heterocycles. The summed E-state index contributed by atoms with van der Waals surface area (Å²) < 4.78 is 1.23. The molecular weight excluding hydrogens is 145 g/mol. The molecule has 0 aromatic heterocycles. The molecule has 0 aliphatic carbocycles. The molecule has 5 heteroatoms. The molecule has 4 N–H and O–H groups in total. The number of carbonyl (C=O) groups is 1. The van der Waals surface area contributed by atoms with Crippen LogP contribution in [0.1, 0.15) is 6.42 Å². The van der Waals surface area contributed by atoms with Crippen LogP contribution >= 0.6 is 0 Å². The molecular formula is C5H12NNaO3. The van der Waals surface area contributed by atoms with Gasteiger partial charge in [0, 0.05) is 0 Å². The fourth-order valence-electron chi connectivity index (χ4n) is 0.158. The van der Waals surface area contributed by atoms with Crippen molar-refractivity contribution in [3.63, 3.8) is 0 Å². The molecule has 56 valence electrons. The number of carboxylic acid groups (broad SMARTS) is 1. The molecule has 0 aromatic rings. The minimum atomic E-state index is -0.968. The summed E-state index contributed by atoms with van der Waals surface area (Å²) in [7, 11) is 0. The van der Waals surface area contributed by atoms with E-state index in [2.05, 4.69) is 5.73 Å². The Labute approximate surface area is 77.8 Å². The molecule has 0 atom stereocenters. The first-order chi connectivity index (χ1) is 4.68. The SMILES string of the molecule is NCC(=O)O.OCC[CH2][Na]. The molecule has 4 nitrogen and oxygen atoms in total. The first kappa shape index (κ1) is 13.0. The van der Waals surface area contributed by atoms with Crippen LogP contribution in [0.3, 0.4) is 0 Å². The van der Waals surface area contributed by atoms with E-state index in [9.17, 15) is 4.79 Å². The van der Waals surface area contributed by atoms with E-state index < -0.39 is 5.97 Å². The van der Waals surface area contributed by atoms with Gasteiger partial charge in [0.05, 0.1) is 6.54 Å². The zero-order valence-corrected chi connectivity index (χ0v) is 8.21. The molecule has 0 fully saturated rings. The van der Waals surface area contributed by atoms with Crippen LogP contribution in [0.5, 0.6) is 0 Å². The fourth-order valence-corrected chi connectivity index (χ4v) is 0.474. The molecule has 0 heterocycles. The van der Waals surface area contributed by atoms with Crippen LogP contribution in [-0.2, 0) is 4.79 Å². The van der Waals surface area contributed by atoms with Crippen molar-refractivity contribution in [2.45, 2.75) is 10.1 Å². The molecule has 0 rings (SSSR count). The minimum absolute atomic E-state index is 0.278. The van der Waals surface area contributed by atoms with Gasteiger partial charge in [-0.25, -0.2) is 0 Å². The van der Waals surface area contributed by atoms with Crippen molar-refractivity contribution in [3.8, 4) is 0 Å². The van der Waals surface area contributed by atoms with Gasteiger partial charge < -0.3 is 10.8 Å². The van der Waals surface area contributed by atoms with Gasteiger partial charge in [-0.3, -0.25) is 4.79 Å². The summed E-state index contributed by atoms with van der Waals surface area (Å²) in [5.41, 5.74) is 4.57. The summed E-state index contributed by atoms with van der Waals surface area (Å²) in [5.74, 6) is -0.968. The van der Waals surface area contributed by atoms with Crippen LogP contribution in [0, 0.1) is 0 Å². The molecule has 0 aromatic carbocycles. The number of hydrogen-bond acceptors (Lipinski definition) is 3. The van der Waals surface area contributed by atoms with Crippen LogP contribution < -0.4 is 5.73 Å². The quantitative estimate of drug-likeness (QED) is 0.458. The summed E-state index contributed by atoms with van der Waals surface area (Å²) >= 11 is 1.24.